The second kappa shape index (κ2) is 7.32. The molecule has 5 nitrogen and oxygen atoms in total. The third kappa shape index (κ3) is 3.76. The summed E-state index contributed by atoms with van der Waals surface area (Å²) in [5.41, 5.74) is 1.41. The van der Waals surface area contributed by atoms with Gasteiger partial charge in [0.1, 0.15) is 6.54 Å². The van der Waals surface area contributed by atoms with Crippen LogP contribution in [0.5, 0.6) is 0 Å². The number of fused-ring (bicyclic) bond motifs is 1. The van der Waals surface area contributed by atoms with Crippen LogP contribution in [-0.4, -0.2) is 21.6 Å². The number of rotatable bonds is 3. The van der Waals surface area contributed by atoms with E-state index in [1.165, 1.54) is 11.3 Å². The summed E-state index contributed by atoms with van der Waals surface area (Å²) < 4.78 is 1.68. The predicted octanol–water partition coefficient (Wildman–Crippen LogP) is 3.30. The van der Waals surface area contributed by atoms with Crippen LogP contribution >= 0.6 is 22.9 Å². The van der Waals surface area contributed by atoms with Crippen molar-refractivity contribution < 1.29 is 14.7 Å². The van der Waals surface area contributed by atoms with E-state index < -0.39 is 11.9 Å². The van der Waals surface area contributed by atoms with Crippen molar-refractivity contribution in [2.24, 2.45) is 4.99 Å². The van der Waals surface area contributed by atoms with Crippen molar-refractivity contribution in [2.75, 3.05) is 0 Å². The number of hydrogen-bond donors (Lipinski definition) is 1. The van der Waals surface area contributed by atoms with Crippen LogP contribution in [0.1, 0.15) is 40.2 Å². The molecule has 0 radical (unpaired) electrons. The zero-order valence-electron chi connectivity index (χ0n) is 13.0. The van der Waals surface area contributed by atoms with Crippen molar-refractivity contribution in [3.8, 4) is 0 Å². The average molecular weight is 365 g/mol. The van der Waals surface area contributed by atoms with Crippen LogP contribution in [-0.2, 0) is 24.2 Å². The molecule has 0 saturated carbocycles. The normalized spacial score (nSPS) is 15.0. The lowest BCUT2D eigenvalue weighted by atomic mass is 10.2. The smallest absolute Gasteiger partial charge is 0.323 e. The van der Waals surface area contributed by atoms with Crippen molar-refractivity contribution in [3.63, 3.8) is 0 Å². The van der Waals surface area contributed by atoms with Gasteiger partial charge in [-0.3, -0.25) is 9.59 Å². The Bertz CT molecular complexity index is 854. The Morgan fingerprint density at radius 3 is 2.79 bits per heavy atom. The Morgan fingerprint density at radius 2 is 2.04 bits per heavy atom. The molecule has 0 aliphatic heterocycles. The summed E-state index contributed by atoms with van der Waals surface area (Å²) in [5.74, 6) is -1.34. The van der Waals surface area contributed by atoms with Crippen LogP contribution in [0.25, 0.3) is 0 Å². The van der Waals surface area contributed by atoms with Gasteiger partial charge < -0.3 is 9.67 Å². The number of benzene rings is 1. The molecule has 24 heavy (non-hydrogen) atoms. The number of aliphatic carboxylic acids is 1. The van der Waals surface area contributed by atoms with Gasteiger partial charge in [-0.1, -0.05) is 24.1 Å². The summed E-state index contributed by atoms with van der Waals surface area (Å²) >= 11 is 7.34. The topological polar surface area (TPSA) is 71.7 Å². The van der Waals surface area contributed by atoms with Gasteiger partial charge in [0, 0.05) is 21.2 Å². The molecule has 0 unspecified atom stereocenters. The zero-order valence-corrected chi connectivity index (χ0v) is 14.6. The molecule has 0 atom stereocenters. The first-order valence-corrected chi connectivity index (χ1v) is 9.02. The minimum Gasteiger partial charge on any atom is -0.480 e. The van der Waals surface area contributed by atoms with E-state index in [-0.39, 0.29) is 6.54 Å². The van der Waals surface area contributed by atoms with Crippen LogP contribution in [0.15, 0.2) is 29.3 Å². The first-order valence-electron chi connectivity index (χ1n) is 7.82. The highest BCUT2D eigenvalue weighted by molar-refractivity contribution is 7.09. The molecular weight excluding hydrogens is 348 g/mol. The summed E-state index contributed by atoms with van der Waals surface area (Å²) in [6, 6.07) is 6.60. The second-order valence-electron chi connectivity index (χ2n) is 5.72. The number of carboxylic acid groups (broad SMARTS) is 1. The van der Waals surface area contributed by atoms with Gasteiger partial charge in [-0.2, -0.15) is 4.99 Å². The van der Waals surface area contributed by atoms with Crippen molar-refractivity contribution in [1.82, 2.24) is 4.57 Å². The van der Waals surface area contributed by atoms with E-state index in [0.29, 0.717) is 15.4 Å². The number of carbonyl (C=O) groups excluding carboxylic acids is 1. The molecule has 1 aliphatic rings. The van der Waals surface area contributed by atoms with Crippen LogP contribution in [0.2, 0.25) is 5.02 Å². The lowest BCUT2D eigenvalue weighted by Gasteiger charge is -2.06. The van der Waals surface area contributed by atoms with Gasteiger partial charge in [-0.05, 0) is 43.9 Å². The fourth-order valence-electron chi connectivity index (χ4n) is 2.87. The number of aryl methyl sites for hydroxylation is 1. The quantitative estimate of drug-likeness (QED) is 0.849. The van der Waals surface area contributed by atoms with Gasteiger partial charge in [0.15, 0.2) is 4.80 Å². The molecule has 1 heterocycles. The lowest BCUT2D eigenvalue weighted by molar-refractivity contribution is -0.137. The van der Waals surface area contributed by atoms with Gasteiger partial charge in [0.25, 0.3) is 5.91 Å². The fraction of sp³-hybridized carbons (Fsp3) is 0.353. The predicted molar refractivity (Wildman–Crippen MR) is 92.5 cm³/mol. The Kier molecular flexibility index (Phi) is 5.16. The molecule has 0 fully saturated rings. The Hall–Kier alpha value is -1.92. The zero-order chi connectivity index (χ0) is 17.1. The monoisotopic (exact) mass is 364 g/mol. The highest BCUT2D eigenvalue weighted by atomic mass is 35.5. The van der Waals surface area contributed by atoms with Crippen LogP contribution in [0, 0.1) is 0 Å². The van der Waals surface area contributed by atoms with E-state index in [1.807, 2.05) is 0 Å². The number of aromatic nitrogens is 1. The van der Waals surface area contributed by atoms with Gasteiger partial charge >= 0.3 is 5.97 Å². The number of carbonyl (C=O) groups is 2. The van der Waals surface area contributed by atoms with Gasteiger partial charge in [0.05, 0.1) is 0 Å². The van der Waals surface area contributed by atoms with Gasteiger partial charge in [0.2, 0.25) is 0 Å². The number of carboxylic acids is 1. The van der Waals surface area contributed by atoms with Crippen LogP contribution in [0.3, 0.4) is 0 Å². The molecule has 126 valence electrons. The molecule has 1 aromatic carbocycles. The number of nitrogens with zero attached hydrogens (tertiary/aromatic N) is 2. The summed E-state index contributed by atoms with van der Waals surface area (Å²) in [5, 5.41) is 9.68. The Labute approximate surface area is 148 Å². The molecule has 7 heteroatoms. The van der Waals surface area contributed by atoms with Crippen LogP contribution in [0.4, 0.5) is 0 Å². The Balaban J connectivity index is 2.05. The number of halogens is 1. The standard InChI is InChI=1S/C17H17ClN2O3S/c18-12-6-4-5-11(9-12)16(23)19-17-20(10-15(21)22)13-7-2-1-3-8-14(13)24-17/h4-6,9H,1-3,7-8,10H2,(H,21,22)/b19-17-. The van der Waals surface area contributed by atoms with Crippen molar-refractivity contribution in [2.45, 2.75) is 38.6 Å². The molecule has 1 amide bonds. The lowest BCUT2D eigenvalue weighted by Crippen LogP contribution is -2.23. The number of thiazole rings is 1. The molecule has 1 aliphatic carbocycles. The van der Waals surface area contributed by atoms with Crippen molar-refractivity contribution in [1.29, 1.82) is 0 Å². The summed E-state index contributed by atoms with van der Waals surface area (Å²) in [6.07, 6.45) is 5.01. The van der Waals surface area contributed by atoms with E-state index in [0.717, 1.165) is 42.7 Å². The first kappa shape index (κ1) is 16.9. The highest BCUT2D eigenvalue weighted by Crippen LogP contribution is 2.23. The van der Waals surface area contributed by atoms with E-state index >= 15 is 0 Å². The fourth-order valence-corrected chi connectivity index (χ4v) is 4.27. The molecular formula is C17H17ClN2O3S. The number of hydrogen-bond acceptors (Lipinski definition) is 3. The molecule has 0 saturated heterocycles. The SMILES string of the molecule is O=C(O)Cn1c2c(s/c1=N\C(=O)c1cccc(Cl)c1)CCCCC2. The summed E-state index contributed by atoms with van der Waals surface area (Å²) in [4.78, 5) is 29.4. The Morgan fingerprint density at radius 1 is 1.25 bits per heavy atom. The van der Waals surface area contributed by atoms with Gasteiger partial charge in [-0.25, -0.2) is 0 Å². The van der Waals surface area contributed by atoms with E-state index in [1.54, 1.807) is 28.8 Å². The highest BCUT2D eigenvalue weighted by Gasteiger charge is 2.18. The molecule has 0 bridgehead atoms. The molecule has 1 N–H and O–H groups in total. The summed E-state index contributed by atoms with van der Waals surface area (Å²) in [7, 11) is 0. The molecule has 2 aromatic rings. The van der Waals surface area contributed by atoms with Crippen molar-refractivity contribution in [3.05, 3.63) is 50.2 Å². The van der Waals surface area contributed by atoms with E-state index in [2.05, 4.69) is 4.99 Å². The maximum absolute atomic E-state index is 12.4. The molecule has 3 rings (SSSR count). The van der Waals surface area contributed by atoms with Crippen LogP contribution < -0.4 is 4.80 Å². The second-order valence-corrected chi connectivity index (χ2v) is 7.22. The number of amides is 1. The minimum atomic E-state index is -0.934. The first-order chi connectivity index (χ1) is 11.5. The maximum Gasteiger partial charge on any atom is 0.323 e. The minimum absolute atomic E-state index is 0.173. The third-order valence-electron chi connectivity index (χ3n) is 3.97. The maximum atomic E-state index is 12.4. The average Bonchev–Trinajstić information content (AvgIpc) is 2.71. The molecule has 1 aromatic heterocycles. The summed E-state index contributed by atoms with van der Waals surface area (Å²) in [6.45, 7) is -0.173. The molecule has 0 spiro atoms. The van der Waals surface area contributed by atoms with Crippen molar-refractivity contribution >= 4 is 34.8 Å². The van der Waals surface area contributed by atoms with Gasteiger partial charge in [-0.15, -0.1) is 11.3 Å². The van der Waals surface area contributed by atoms with E-state index in [9.17, 15) is 14.7 Å². The van der Waals surface area contributed by atoms with E-state index in [4.69, 9.17) is 11.6 Å². The largest absolute Gasteiger partial charge is 0.480 e. The third-order valence-corrected chi connectivity index (χ3v) is 5.39.